The Bertz CT molecular complexity index is 1240. The molecule has 0 heterocycles. The van der Waals surface area contributed by atoms with Gasteiger partial charge in [0.1, 0.15) is 36.6 Å². The highest BCUT2D eigenvalue weighted by Gasteiger charge is 2.51. The van der Waals surface area contributed by atoms with Gasteiger partial charge < -0.3 is 46.0 Å². The van der Waals surface area contributed by atoms with Crippen molar-refractivity contribution >= 4 is 13.7 Å². The number of unbranched alkanes of at least 4 members (excludes halogenated alkanes) is 14. The summed E-state index contributed by atoms with van der Waals surface area (Å²) in [5.74, 6) is -0.619. The topological polar surface area (TPSA) is 226 Å². The van der Waals surface area contributed by atoms with Crippen LogP contribution < -0.4 is 5.32 Å². The van der Waals surface area contributed by atoms with E-state index in [2.05, 4.69) is 61.7 Å². The SMILES string of the molecule is CCCCC/C=C\C/C=C\CCCCCCCC(O)CC(=O)NC(COP(=O)(O)OC1C(O)C(O)C(O)C(O)C1O)C(O)/C=C/CC/C=C/CC/C=C/CCCCCC. The van der Waals surface area contributed by atoms with Crippen LogP contribution in [-0.2, 0) is 18.4 Å². The van der Waals surface area contributed by atoms with Crippen LogP contribution in [-0.4, -0.2) is 108 Å². The Morgan fingerprint density at radius 1 is 0.610 bits per heavy atom. The predicted octanol–water partition coefficient (Wildman–Crippen LogP) is 6.92. The van der Waals surface area contributed by atoms with Crippen LogP contribution in [0.2, 0.25) is 0 Å². The Balaban J connectivity index is 2.63. The molecule has 0 saturated heterocycles. The number of aliphatic hydroxyl groups excluding tert-OH is 7. The average Bonchev–Trinajstić information content (AvgIpc) is 3.21. The molecule has 59 heavy (non-hydrogen) atoms. The van der Waals surface area contributed by atoms with Crippen LogP contribution >= 0.6 is 7.82 Å². The van der Waals surface area contributed by atoms with Gasteiger partial charge in [-0.3, -0.25) is 13.8 Å². The molecule has 0 aromatic rings. The summed E-state index contributed by atoms with van der Waals surface area (Å²) in [6, 6.07) is -1.27. The van der Waals surface area contributed by atoms with Gasteiger partial charge in [0.25, 0.3) is 0 Å². The van der Waals surface area contributed by atoms with Crippen molar-refractivity contribution in [3.63, 3.8) is 0 Å². The second-order valence-electron chi connectivity index (χ2n) is 15.7. The largest absolute Gasteiger partial charge is 0.472 e. The number of nitrogens with one attached hydrogen (secondary N) is 1. The first kappa shape index (κ1) is 55.0. The molecule has 1 rings (SSSR count). The molecule has 0 spiro atoms. The van der Waals surface area contributed by atoms with Gasteiger partial charge in [0.15, 0.2) is 0 Å². The molecule has 14 heteroatoms. The zero-order chi connectivity index (χ0) is 43.7. The van der Waals surface area contributed by atoms with Crippen LogP contribution in [0.25, 0.3) is 0 Å². The number of amides is 1. The molecule has 1 aliphatic rings. The molecule has 1 amide bonds. The molecular formula is C45H80NO12P. The molecule has 0 aromatic heterocycles. The third-order valence-electron chi connectivity index (χ3n) is 10.3. The first-order valence-corrected chi connectivity index (χ1v) is 23.8. The number of hydrogen-bond acceptors (Lipinski definition) is 11. The molecule has 9 N–H and O–H groups in total. The maximum Gasteiger partial charge on any atom is 0.472 e. The predicted molar refractivity (Wildman–Crippen MR) is 233 cm³/mol. The maximum absolute atomic E-state index is 13.0. The Hall–Kier alpha value is -2.00. The Kier molecular flexibility index (Phi) is 32.2. The minimum Gasteiger partial charge on any atom is -0.393 e. The molecule has 0 aromatic carbocycles. The highest BCUT2D eigenvalue weighted by Crippen LogP contribution is 2.47. The lowest BCUT2D eigenvalue weighted by Gasteiger charge is -2.41. The lowest BCUT2D eigenvalue weighted by Crippen LogP contribution is -2.64. The van der Waals surface area contributed by atoms with Gasteiger partial charge in [-0.25, -0.2) is 4.57 Å². The summed E-state index contributed by atoms with van der Waals surface area (Å²) in [6.45, 7) is 3.65. The lowest BCUT2D eigenvalue weighted by molar-refractivity contribution is -0.220. The van der Waals surface area contributed by atoms with Crippen LogP contribution in [0.5, 0.6) is 0 Å². The maximum atomic E-state index is 13.0. The number of allylic oxidation sites excluding steroid dienone is 9. The van der Waals surface area contributed by atoms with Crippen LogP contribution in [0, 0.1) is 0 Å². The third-order valence-corrected chi connectivity index (χ3v) is 11.3. The summed E-state index contributed by atoms with van der Waals surface area (Å²) >= 11 is 0. The molecule has 1 fully saturated rings. The summed E-state index contributed by atoms with van der Waals surface area (Å²) < 4.78 is 22.8. The Morgan fingerprint density at radius 2 is 1.05 bits per heavy atom. The fourth-order valence-electron chi connectivity index (χ4n) is 6.59. The van der Waals surface area contributed by atoms with Crippen molar-refractivity contribution in [3.05, 3.63) is 60.8 Å². The second-order valence-corrected chi connectivity index (χ2v) is 17.1. The van der Waals surface area contributed by atoms with Crippen molar-refractivity contribution in [1.82, 2.24) is 5.32 Å². The van der Waals surface area contributed by atoms with Crippen LogP contribution in [0.3, 0.4) is 0 Å². The number of aliphatic hydroxyl groups is 7. The molecular weight excluding hydrogens is 777 g/mol. The van der Waals surface area contributed by atoms with E-state index < -0.39 is 75.2 Å². The van der Waals surface area contributed by atoms with Crippen molar-refractivity contribution in [2.24, 2.45) is 0 Å². The zero-order valence-electron chi connectivity index (χ0n) is 35.9. The molecule has 13 nitrogen and oxygen atoms in total. The van der Waals surface area contributed by atoms with Crippen molar-refractivity contribution < 1.29 is 59.0 Å². The van der Waals surface area contributed by atoms with Gasteiger partial charge in [-0.1, -0.05) is 132 Å². The lowest BCUT2D eigenvalue weighted by atomic mass is 9.85. The average molecular weight is 858 g/mol. The minimum absolute atomic E-state index is 0.268. The standard InChI is InChI=1S/C45H80NO12P/c1-3-5-7-9-11-13-15-17-19-20-22-24-26-28-30-32-36(47)34-39(49)46-37(35-57-59(55,56)58-45-43(53)41(51)40(50)42(52)44(45)54)38(48)33-31-29-27-25-23-21-18-16-14-12-10-8-6-4-2/h11,13-14,16-17,19,23,25,31,33,36-38,40-45,47-48,50-54H,3-10,12,15,18,20-22,24,26-30,32,34-35H2,1-2H3,(H,46,49)(H,55,56)/b13-11-,16-14+,19-17-,25-23+,33-31+. The molecule has 342 valence electrons. The van der Waals surface area contributed by atoms with E-state index in [1.807, 2.05) is 6.08 Å². The van der Waals surface area contributed by atoms with Gasteiger partial charge >= 0.3 is 7.82 Å². The number of carbonyl (C=O) groups excluding carboxylic acids is 1. The highest BCUT2D eigenvalue weighted by molar-refractivity contribution is 7.47. The first-order chi connectivity index (χ1) is 28.3. The van der Waals surface area contributed by atoms with E-state index in [1.54, 1.807) is 6.08 Å². The van der Waals surface area contributed by atoms with Crippen molar-refractivity contribution in [1.29, 1.82) is 0 Å². The smallest absolute Gasteiger partial charge is 0.393 e. The van der Waals surface area contributed by atoms with E-state index in [4.69, 9.17) is 9.05 Å². The molecule has 8 atom stereocenters. The van der Waals surface area contributed by atoms with Gasteiger partial charge in [-0.05, 0) is 77.0 Å². The Labute approximate surface area is 354 Å². The number of phosphoric acid groups is 1. The van der Waals surface area contributed by atoms with E-state index in [0.29, 0.717) is 19.3 Å². The third kappa shape index (κ3) is 26.8. The van der Waals surface area contributed by atoms with Crippen molar-refractivity contribution in [2.75, 3.05) is 6.61 Å². The molecule has 0 radical (unpaired) electrons. The summed E-state index contributed by atoms with van der Waals surface area (Å²) in [7, 11) is -5.15. The fraction of sp³-hybridized carbons (Fsp3) is 0.756. The van der Waals surface area contributed by atoms with Gasteiger partial charge in [-0.15, -0.1) is 0 Å². The molecule has 0 aliphatic heterocycles. The van der Waals surface area contributed by atoms with Crippen molar-refractivity contribution in [2.45, 2.75) is 210 Å². The summed E-state index contributed by atoms with van der Waals surface area (Å²) in [6.07, 6.45) is 27.4. The van der Waals surface area contributed by atoms with Crippen LogP contribution in [0.1, 0.15) is 155 Å². The van der Waals surface area contributed by atoms with E-state index in [1.165, 1.54) is 51.0 Å². The zero-order valence-corrected chi connectivity index (χ0v) is 36.8. The number of rotatable bonds is 35. The summed E-state index contributed by atoms with van der Waals surface area (Å²) in [4.78, 5) is 23.4. The van der Waals surface area contributed by atoms with E-state index >= 15 is 0 Å². The number of hydrogen-bond donors (Lipinski definition) is 9. The summed E-state index contributed by atoms with van der Waals surface area (Å²) in [5.41, 5.74) is 0. The van der Waals surface area contributed by atoms with Crippen LogP contribution in [0.15, 0.2) is 60.8 Å². The second kappa shape index (κ2) is 34.6. The van der Waals surface area contributed by atoms with Gasteiger partial charge in [0.05, 0.1) is 31.3 Å². The molecule has 0 bridgehead atoms. The van der Waals surface area contributed by atoms with E-state index in [9.17, 15) is 50.0 Å². The van der Waals surface area contributed by atoms with E-state index in [0.717, 1.165) is 70.6 Å². The van der Waals surface area contributed by atoms with Crippen molar-refractivity contribution in [3.8, 4) is 0 Å². The van der Waals surface area contributed by atoms with Gasteiger partial charge in [0, 0.05) is 0 Å². The fourth-order valence-corrected chi connectivity index (χ4v) is 7.56. The van der Waals surface area contributed by atoms with E-state index in [-0.39, 0.29) is 6.42 Å². The number of phosphoric ester groups is 1. The number of carbonyl (C=O) groups is 1. The molecule has 8 unspecified atom stereocenters. The van der Waals surface area contributed by atoms with Crippen LogP contribution in [0.4, 0.5) is 0 Å². The molecule has 1 aliphatic carbocycles. The Morgan fingerprint density at radius 3 is 1.63 bits per heavy atom. The quantitative estimate of drug-likeness (QED) is 0.0180. The van der Waals surface area contributed by atoms with Gasteiger partial charge in [-0.2, -0.15) is 0 Å². The monoisotopic (exact) mass is 858 g/mol. The molecule has 1 saturated carbocycles. The van der Waals surface area contributed by atoms with Gasteiger partial charge in [0.2, 0.25) is 5.91 Å². The minimum atomic E-state index is -5.15. The summed E-state index contributed by atoms with van der Waals surface area (Å²) in [5, 5.41) is 74.3. The highest BCUT2D eigenvalue weighted by atomic mass is 31.2. The normalized spacial score (nSPS) is 24.2. The first-order valence-electron chi connectivity index (χ1n) is 22.3.